The summed E-state index contributed by atoms with van der Waals surface area (Å²) in [7, 11) is 0. The van der Waals surface area contributed by atoms with Crippen LogP contribution in [-0.2, 0) is 9.59 Å². The van der Waals surface area contributed by atoms with Gasteiger partial charge in [0.05, 0.1) is 0 Å². The van der Waals surface area contributed by atoms with Crippen LogP contribution in [0.3, 0.4) is 0 Å². The van der Waals surface area contributed by atoms with E-state index in [9.17, 15) is 0 Å². The molecule has 12 heteroatoms. The van der Waals surface area contributed by atoms with Crippen LogP contribution in [0.15, 0.2) is 0 Å². The maximum Gasteiger partial charge on any atom is 3.00 e. The van der Waals surface area contributed by atoms with E-state index in [1.807, 2.05) is 0 Å². The van der Waals surface area contributed by atoms with Crippen LogP contribution in [0.25, 0.3) is 0 Å². The molecule has 0 bridgehead atoms. The van der Waals surface area contributed by atoms with Crippen LogP contribution in [0.5, 0.6) is 0 Å². The van der Waals surface area contributed by atoms with Crippen LogP contribution in [0.4, 0.5) is 0 Å². The molecule has 0 fully saturated rings. The summed E-state index contributed by atoms with van der Waals surface area (Å²) in [6.07, 6.45) is 0. The van der Waals surface area contributed by atoms with Crippen molar-refractivity contribution >= 4 is 46.7 Å². The molecule has 0 aromatic rings. The molecule has 0 rings (SSSR count). The fourth-order valence-corrected chi connectivity index (χ4v) is 0. The molecular weight excluding hydrogens is 256 g/mol. The van der Waals surface area contributed by atoms with Gasteiger partial charge in [0.1, 0.15) is 0 Å². The maximum atomic E-state index is 9.10. The van der Waals surface area contributed by atoms with Crippen molar-refractivity contribution in [2.75, 3.05) is 0 Å². The van der Waals surface area contributed by atoms with E-state index in [0.29, 0.717) is 0 Å². The Kier molecular flexibility index (Phi) is 396. The van der Waals surface area contributed by atoms with Crippen molar-refractivity contribution in [3.05, 3.63) is 0 Å². The monoisotopic (exact) mass is 258 g/mol. The van der Waals surface area contributed by atoms with Gasteiger partial charge in [0.2, 0.25) is 0 Å². The molecule has 0 heterocycles. The molecule has 4 nitrogen and oxygen atoms in total. The van der Waals surface area contributed by atoms with Gasteiger partial charge in [0.25, 0.3) is 0 Å². The standard InChI is InChI=1S/C2H2O4.2Al.6FH/c3-1(4)2(5)6;;;;;;;;/h(H,3,4)(H,5,6);;;6*1H/q;2*+3;;;;;;/p-6. The summed E-state index contributed by atoms with van der Waals surface area (Å²) >= 11 is 0. The summed E-state index contributed by atoms with van der Waals surface area (Å²) in [5.74, 6) is -3.65. The quantitative estimate of drug-likeness (QED) is 0.257. The molecule has 0 aliphatic heterocycles. The zero-order chi connectivity index (χ0) is 5.15. The van der Waals surface area contributed by atoms with Crippen molar-refractivity contribution in [2.45, 2.75) is 0 Å². The number of carbonyl (C=O) groups is 2. The second-order valence-electron chi connectivity index (χ2n) is 0.610. The summed E-state index contributed by atoms with van der Waals surface area (Å²) in [6.45, 7) is 0. The van der Waals surface area contributed by atoms with Crippen LogP contribution >= 0.6 is 0 Å². The third-order valence-corrected chi connectivity index (χ3v) is 0.183. The van der Waals surface area contributed by atoms with Gasteiger partial charge in [-0.3, -0.25) is 0 Å². The molecule has 0 unspecified atom stereocenters. The molecule has 0 saturated carbocycles. The van der Waals surface area contributed by atoms with Crippen LogP contribution in [-0.4, -0.2) is 56.9 Å². The topological polar surface area (TPSA) is 74.6 Å². The van der Waals surface area contributed by atoms with Gasteiger partial charge in [-0.15, -0.1) is 0 Å². The summed E-state index contributed by atoms with van der Waals surface area (Å²) in [5, 5.41) is 14.8. The molecule has 0 aliphatic rings. The Morgan fingerprint density at radius 3 is 0.643 bits per heavy atom. The second kappa shape index (κ2) is 54.2. The van der Waals surface area contributed by atoms with Crippen molar-refractivity contribution in [3.8, 4) is 0 Å². The minimum Gasteiger partial charge on any atom is -1.00 e. The van der Waals surface area contributed by atoms with Crippen molar-refractivity contribution in [2.24, 2.45) is 0 Å². The first-order valence-corrected chi connectivity index (χ1v) is 1.11. The molecule has 0 aromatic heterocycles. The summed E-state index contributed by atoms with van der Waals surface area (Å²) in [6, 6.07) is 0. The fraction of sp³-hybridized carbons (Fsp3) is 0. The van der Waals surface area contributed by atoms with E-state index in [1.165, 1.54) is 0 Å². The Morgan fingerprint density at radius 2 is 0.643 bits per heavy atom. The minimum absolute atomic E-state index is 0. The number of halogens is 6. The third kappa shape index (κ3) is 101. The molecule has 0 aromatic carbocycles. The van der Waals surface area contributed by atoms with Crippen LogP contribution in [0, 0.1) is 0 Å². The first kappa shape index (κ1) is 102. The van der Waals surface area contributed by atoms with E-state index >= 15 is 0 Å². The Balaban J connectivity index is -0.00000000446. The van der Waals surface area contributed by atoms with Gasteiger partial charge in [-0.05, 0) is 0 Å². The van der Waals surface area contributed by atoms with Crippen molar-refractivity contribution in [1.82, 2.24) is 0 Å². The van der Waals surface area contributed by atoms with E-state index in [1.54, 1.807) is 0 Å². The minimum atomic E-state index is -1.82. The first-order chi connectivity index (χ1) is 2.64. The SMILES string of the molecule is O=C(O)C(=O)O.[Al+3].[Al+3].[F-].[F-].[F-].[F-].[F-].[F-]. The average molecular weight is 258 g/mol. The van der Waals surface area contributed by atoms with E-state index in [2.05, 4.69) is 0 Å². The maximum absolute atomic E-state index is 9.10. The van der Waals surface area contributed by atoms with Gasteiger partial charge in [-0.2, -0.15) is 0 Å². The normalized spacial score (nSPS) is 3.14. The first-order valence-electron chi connectivity index (χ1n) is 1.11. The number of carboxylic acid groups (broad SMARTS) is 2. The average Bonchev–Trinajstić information content (AvgIpc) is 1.36. The third-order valence-electron chi connectivity index (χ3n) is 0.183. The Bertz CT molecular complexity index is 91.8. The Labute approximate surface area is 95.1 Å². The van der Waals surface area contributed by atoms with Gasteiger partial charge in [-0.25, -0.2) is 9.59 Å². The molecule has 0 spiro atoms. The van der Waals surface area contributed by atoms with E-state index in [0.717, 1.165) is 0 Å². The van der Waals surface area contributed by atoms with Gasteiger partial charge in [0, 0.05) is 0 Å². The van der Waals surface area contributed by atoms with Gasteiger partial charge >= 0.3 is 46.7 Å². The Hall–Kier alpha value is -0.415. The molecule has 2 N–H and O–H groups in total. The molecule has 0 radical (unpaired) electrons. The van der Waals surface area contributed by atoms with Crippen LogP contribution in [0.2, 0.25) is 0 Å². The van der Waals surface area contributed by atoms with Crippen molar-refractivity contribution in [3.63, 3.8) is 0 Å². The summed E-state index contributed by atoms with van der Waals surface area (Å²) in [4.78, 5) is 18.2. The smallest absolute Gasteiger partial charge is 1.00 e. The van der Waals surface area contributed by atoms with E-state index in [4.69, 9.17) is 19.8 Å². The molecule has 0 saturated heterocycles. The van der Waals surface area contributed by atoms with Crippen LogP contribution in [0.1, 0.15) is 0 Å². The predicted molar refractivity (Wildman–Crippen MR) is 26.8 cm³/mol. The fourth-order valence-electron chi connectivity index (χ4n) is 0. The second-order valence-corrected chi connectivity index (χ2v) is 0.610. The van der Waals surface area contributed by atoms with Crippen LogP contribution < -0.4 is 28.2 Å². The number of aliphatic carboxylic acids is 2. The molecule has 0 aliphatic carbocycles. The molecule has 0 atom stereocenters. The van der Waals surface area contributed by atoms with Gasteiger partial charge < -0.3 is 38.4 Å². The number of hydrogen-bond donors (Lipinski definition) is 2. The number of carboxylic acids is 2. The largest absolute Gasteiger partial charge is 3.00 e. The number of rotatable bonds is 0. The zero-order valence-corrected chi connectivity index (χ0v) is 8.44. The predicted octanol–water partition coefficient (Wildman–Crippen LogP) is -19.6. The van der Waals surface area contributed by atoms with E-state index in [-0.39, 0.29) is 62.9 Å². The van der Waals surface area contributed by atoms with Gasteiger partial charge in [-0.1, -0.05) is 0 Å². The molecule has 14 heavy (non-hydrogen) atoms. The molecule has 82 valence electrons. The summed E-state index contributed by atoms with van der Waals surface area (Å²) < 4.78 is 0. The van der Waals surface area contributed by atoms with Crippen molar-refractivity contribution in [1.29, 1.82) is 0 Å². The molecular formula is C2H2Al2F6O4. The van der Waals surface area contributed by atoms with Gasteiger partial charge in [0.15, 0.2) is 0 Å². The summed E-state index contributed by atoms with van der Waals surface area (Å²) in [5.41, 5.74) is 0. The molecule has 0 amide bonds. The van der Waals surface area contributed by atoms with E-state index < -0.39 is 11.9 Å². The van der Waals surface area contributed by atoms with Crippen molar-refractivity contribution < 1.29 is 48.0 Å². The Morgan fingerprint density at radius 1 is 0.571 bits per heavy atom. The zero-order valence-electron chi connectivity index (χ0n) is 6.13. The number of hydrogen-bond acceptors (Lipinski definition) is 2.